The Morgan fingerprint density at radius 2 is 1.78 bits per heavy atom. The van der Waals surface area contributed by atoms with Gasteiger partial charge in [0.25, 0.3) is 0 Å². The fourth-order valence-electron chi connectivity index (χ4n) is 4.58. The third-order valence-electron chi connectivity index (χ3n) is 7.04. The number of ether oxygens (including phenoxy) is 1. The summed E-state index contributed by atoms with van der Waals surface area (Å²) in [5, 5.41) is 20.3. The Morgan fingerprint density at radius 1 is 1.09 bits per heavy atom. The molecule has 0 saturated carbocycles. The van der Waals surface area contributed by atoms with Crippen molar-refractivity contribution >= 4 is 11.8 Å². The number of aliphatic hydroxyl groups excluding tert-OH is 1. The van der Waals surface area contributed by atoms with E-state index in [9.17, 15) is 15.0 Å². The van der Waals surface area contributed by atoms with Crippen LogP contribution in [0.25, 0.3) is 0 Å². The van der Waals surface area contributed by atoms with Crippen molar-refractivity contribution in [1.29, 1.82) is 0 Å². The lowest BCUT2D eigenvalue weighted by Gasteiger charge is -2.42. The van der Waals surface area contributed by atoms with Gasteiger partial charge < -0.3 is 14.9 Å². The van der Waals surface area contributed by atoms with Crippen LogP contribution in [0.3, 0.4) is 0 Å². The molecule has 0 saturated heterocycles. The molecule has 2 N–H and O–H groups in total. The minimum atomic E-state index is -0.580. The van der Waals surface area contributed by atoms with Gasteiger partial charge in [-0.3, -0.25) is 4.90 Å². The summed E-state index contributed by atoms with van der Waals surface area (Å²) in [5.74, 6) is 0.241. The summed E-state index contributed by atoms with van der Waals surface area (Å²) in [6.07, 6.45) is 2.87. The molecule has 1 amide bonds. The van der Waals surface area contributed by atoms with E-state index in [1.807, 2.05) is 31.2 Å². The molecule has 1 unspecified atom stereocenters. The molecule has 0 bridgehead atoms. The lowest BCUT2D eigenvalue weighted by Crippen LogP contribution is -2.46. The number of hydrogen-bond acceptors (Lipinski definition) is 4. The number of phenolic OH excluding ortho intramolecular Hbond substituents is 1. The maximum atomic E-state index is 13.0. The van der Waals surface area contributed by atoms with Crippen molar-refractivity contribution in [2.24, 2.45) is 5.41 Å². The summed E-state index contributed by atoms with van der Waals surface area (Å²) in [6, 6.07) is 13.3. The van der Waals surface area contributed by atoms with Crippen molar-refractivity contribution in [3.63, 3.8) is 0 Å². The Hall–Kier alpha value is -2.53. The predicted molar refractivity (Wildman–Crippen MR) is 128 cm³/mol. The highest BCUT2D eigenvalue weighted by Gasteiger charge is 2.42. The van der Waals surface area contributed by atoms with Gasteiger partial charge in [0.05, 0.1) is 11.8 Å². The van der Waals surface area contributed by atoms with Crippen molar-refractivity contribution in [3.05, 3.63) is 59.2 Å². The van der Waals surface area contributed by atoms with Crippen molar-refractivity contribution in [3.8, 4) is 5.75 Å². The molecule has 0 aliphatic carbocycles. The van der Waals surface area contributed by atoms with Crippen LogP contribution in [-0.4, -0.2) is 22.9 Å². The molecule has 1 aliphatic heterocycles. The van der Waals surface area contributed by atoms with E-state index in [2.05, 4.69) is 33.8 Å². The molecule has 1 heterocycles. The first-order chi connectivity index (χ1) is 15.1. The number of anilines is 1. The van der Waals surface area contributed by atoms with Gasteiger partial charge in [-0.15, -0.1) is 0 Å². The van der Waals surface area contributed by atoms with E-state index >= 15 is 0 Å². The number of nitrogens with zero attached hydrogens (tertiary/aromatic N) is 1. The molecule has 1 atom stereocenters. The van der Waals surface area contributed by atoms with Crippen molar-refractivity contribution < 1.29 is 19.7 Å². The molecule has 1 aliphatic rings. The van der Waals surface area contributed by atoms with Crippen LogP contribution in [-0.2, 0) is 10.3 Å². The van der Waals surface area contributed by atoms with Crippen LogP contribution in [0.4, 0.5) is 10.5 Å². The van der Waals surface area contributed by atoms with Crippen LogP contribution in [0.5, 0.6) is 5.75 Å². The molecular weight excluding hydrogens is 402 g/mol. The molecule has 2 aromatic rings. The Bertz CT molecular complexity index is 948. The molecule has 32 heavy (non-hydrogen) atoms. The first-order valence-corrected chi connectivity index (χ1v) is 11.7. The van der Waals surface area contributed by atoms with E-state index in [1.54, 1.807) is 17.0 Å². The summed E-state index contributed by atoms with van der Waals surface area (Å²) in [4.78, 5) is 14.7. The predicted octanol–water partition coefficient (Wildman–Crippen LogP) is 6.60. The van der Waals surface area contributed by atoms with E-state index in [1.165, 1.54) is 0 Å². The monoisotopic (exact) mass is 439 g/mol. The molecule has 0 fully saturated rings. The zero-order chi connectivity index (χ0) is 23.5. The van der Waals surface area contributed by atoms with Crippen LogP contribution in [0, 0.1) is 12.3 Å². The number of benzene rings is 2. The first kappa shape index (κ1) is 24.1. The molecule has 3 rings (SSSR count). The number of phenols is 1. The van der Waals surface area contributed by atoms with E-state index < -0.39 is 11.7 Å². The van der Waals surface area contributed by atoms with Gasteiger partial charge in [0.2, 0.25) is 0 Å². The Kier molecular flexibility index (Phi) is 7.19. The van der Waals surface area contributed by atoms with Gasteiger partial charge >= 0.3 is 6.09 Å². The number of carbonyl (C=O) groups excluding carboxylic acids is 1. The number of aromatic hydroxyl groups is 1. The zero-order valence-electron chi connectivity index (χ0n) is 20.0. The fraction of sp³-hybridized carbons (Fsp3) is 0.519. The second kappa shape index (κ2) is 9.53. The Balaban J connectivity index is 1.67. The molecule has 0 radical (unpaired) electrons. The standard InChI is InChI=1S/C27H37NO4/c1-6-27(7-2)21-10-8-9-11-22(21)28(25(31)32-27)17-16-26(4,5)15-14-24(30)20-12-13-23(29)19(3)18-20/h8-13,18,24,29-30H,6-7,14-17H2,1-5H3. The van der Waals surface area contributed by atoms with Gasteiger partial charge in [-0.2, -0.15) is 0 Å². The molecule has 174 valence electrons. The van der Waals surface area contributed by atoms with Crippen LogP contribution in [0.1, 0.15) is 82.6 Å². The molecule has 5 heteroatoms. The van der Waals surface area contributed by atoms with Gasteiger partial charge in [0.1, 0.15) is 11.4 Å². The number of para-hydroxylation sites is 1. The zero-order valence-corrected chi connectivity index (χ0v) is 20.0. The van der Waals surface area contributed by atoms with E-state index in [0.29, 0.717) is 13.0 Å². The third-order valence-corrected chi connectivity index (χ3v) is 7.04. The molecule has 0 spiro atoms. The van der Waals surface area contributed by atoms with Crippen LogP contribution in [0.2, 0.25) is 0 Å². The second-order valence-electron chi connectivity index (χ2n) is 9.75. The highest BCUT2D eigenvalue weighted by Crippen LogP contribution is 2.44. The molecule has 5 nitrogen and oxygen atoms in total. The third kappa shape index (κ3) is 4.93. The maximum absolute atomic E-state index is 13.0. The molecule has 2 aromatic carbocycles. The lowest BCUT2D eigenvalue weighted by atomic mass is 9.82. The molecular formula is C27H37NO4. The number of amides is 1. The maximum Gasteiger partial charge on any atom is 0.415 e. The van der Waals surface area contributed by atoms with Gasteiger partial charge in [0.15, 0.2) is 0 Å². The van der Waals surface area contributed by atoms with Gasteiger partial charge in [-0.05, 0) is 73.8 Å². The van der Waals surface area contributed by atoms with Crippen LogP contribution >= 0.6 is 0 Å². The number of hydrogen-bond donors (Lipinski definition) is 2. The Morgan fingerprint density at radius 3 is 2.44 bits per heavy atom. The number of carbonyl (C=O) groups is 1. The smallest absolute Gasteiger partial charge is 0.415 e. The molecule has 0 aromatic heterocycles. The number of aryl methyl sites for hydroxylation is 1. The van der Waals surface area contributed by atoms with Crippen molar-refractivity contribution in [2.75, 3.05) is 11.4 Å². The van der Waals surface area contributed by atoms with E-state index in [-0.39, 0.29) is 17.3 Å². The second-order valence-corrected chi connectivity index (χ2v) is 9.75. The topological polar surface area (TPSA) is 70.0 Å². The van der Waals surface area contributed by atoms with Gasteiger partial charge in [-0.1, -0.05) is 52.0 Å². The SMILES string of the molecule is CCC1(CC)OC(=O)N(CCC(C)(C)CCC(O)c2ccc(O)c(C)c2)c2ccccc21. The van der Waals surface area contributed by atoms with E-state index in [4.69, 9.17) is 4.74 Å². The summed E-state index contributed by atoms with van der Waals surface area (Å²) in [6.45, 7) is 10.9. The highest BCUT2D eigenvalue weighted by molar-refractivity contribution is 5.91. The first-order valence-electron chi connectivity index (χ1n) is 11.7. The van der Waals surface area contributed by atoms with Crippen molar-refractivity contribution in [1.82, 2.24) is 0 Å². The fourth-order valence-corrected chi connectivity index (χ4v) is 4.58. The number of rotatable bonds is 9. The average molecular weight is 440 g/mol. The highest BCUT2D eigenvalue weighted by atomic mass is 16.6. The Labute approximate surface area is 192 Å². The normalized spacial score (nSPS) is 16.4. The largest absolute Gasteiger partial charge is 0.508 e. The summed E-state index contributed by atoms with van der Waals surface area (Å²) >= 11 is 0. The summed E-state index contributed by atoms with van der Waals surface area (Å²) < 4.78 is 5.98. The minimum absolute atomic E-state index is 0.0633. The minimum Gasteiger partial charge on any atom is -0.508 e. The lowest BCUT2D eigenvalue weighted by molar-refractivity contribution is -0.00149. The van der Waals surface area contributed by atoms with E-state index in [0.717, 1.165) is 48.1 Å². The van der Waals surface area contributed by atoms with Crippen LogP contribution < -0.4 is 4.90 Å². The summed E-state index contributed by atoms with van der Waals surface area (Å²) in [7, 11) is 0. The number of fused-ring (bicyclic) bond motifs is 1. The van der Waals surface area contributed by atoms with Gasteiger partial charge in [0, 0.05) is 12.1 Å². The van der Waals surface area contributed by atoms with Gasteiger partial charge in [-0.25, -0.2) is 4.79 Å². The summed E-state index contributed by atoms with van der Waals surface area (Å²) in [5.41, 5.74) is 3.00. The quantitative estimate of drug-likeness (QED) is 0.462. The van der Waals surface area contributed by atoms with Crippen LogP contribution in [0.15, 0.2) is 42.5 Å². The number of aliphatic hydroxyl groups is 1. The van der Waals surface area contributed by atoms with Crippen molar-refractivity contribution in [2.45, 2.75) is 78.4 Å². The number of cyclic esters (lactones) is 1. The average Bonchev–Trinajstić information content (AvgIpc) is 2.78.